The molecular formula is C12H12O3. The molecule has 0 saturated heterocycles. The Morgan fingerprint density at radius 2 is 1.73 bits per heavy atom. The van der Waals surface area contributed by atoms with Crippen LogP contribution in [0.4, 0.5) is 0 Å². The summed E-state index contributed by atoms with van der Waals surface area (Å²) in [6.07, 6.45) is 4.96. The van der Waals surface area contributed by atoms with Crippen LogP contribution in [-0.4, -0.2) is 21.1 Å². The Bertz CT molecular complexity index is 413. The fourth-order valence-corrected chi connectivity index (χ4v) is 1.49. The molecule has 1 aliphatic rings. The van der Waals surface area contributed by atoms with Crippen LogP contribution in [0.2, 0.25) is 0 Å². The minimum atomic E-state index is -1.72. The third kappa shape index (κ3) is 2.26. The molecule has 1 aliphatic carbocycles. The zero-order valence-electron chi connectivity index (χ0n) is 8.09. The second kappa shape index (κ2) is 3.53. The number of hydrogen-bond acceptors (Lipinski definition) is 3. The summed E-state index contributed by atoms with van der Waals surface area (Å²) in [7, 11) is 0. The molecule has 0 aliphatic heterocycles. The highest BCUT2D eigenvalue weighted by Crippen LogP contribution is 2.26. The zero-order valence-corrected chi connectivity index (χ0v) is 8.09. The van der Waals surface area contributed by atoms with E-state index in [0.29, 0.717) is 0 Å². The highest BCUT2D eigenvalue weighted by atomic mass is 16.5. The standard InChI is InChI=1S/C12H12O3/c13-11-3-1-9(2-4-11)10-5-7-12(14,15)8-6-10/h1-7,13-15H,8H2. The molecular weight excluding hydrogens is 192 g/mol. The van der Waals surface area contributed by atoms with E-state index in [2.05, 4.69) is 0 Å². The predicted molar refractivity (Wildman–Crippen MR) is 57.0 cm³/mol. The van der Waals surface area contributed by atoms with Gasteiger partial charge in [-0.3, -0.25) is 0 Å². The van der Waals surface area contributed by atoms with E-state index >= 15 is 0 Å². The lowest BCUT2D eigenvalue weighted by molar-refractivity contribution is -0.114. The van der Waals surface area contributed by atoms with E-state index in [1.54, 1.807) is 36.4 Å². The maximum Gasteiger partial charge on any atom is 0.186 e. The number of rotatable bonds is 1. The summed E-state index contributed by atoms with van der Waals surface area (Å²) in [5.41, 5.74) is 1.87. The molecule has 78 valence electrons. The summed E-state index contributed by atoms with van der Waals surface area (Å²) < 4.78 is 0. The molecule has 0 fully saturated rings. The van der Waals surface area contributed by atoms with Crippen LogP contribution in [0.25, 0.3) is 5.57 Å². The van der Waals surface area contributed by atoms with Gasteiger partial charge in [0, 0.05) is 6.42 Å². The van der Waals surface area contributed by atoms with Crippen molar-refractivity contribution in [2.45, 2.75) is 12.2 Å². The average Bonchev–Trinajstić information content (AvgIpc) is 2.20. The molecule has 15 heavy (non-hydrogen) atoms. The van der Waals surface area contributed by atoms with E-state index in [1.165, 1.54) is 6.08 Å². The maximum atomic E-state index is 9.27. The normalized spacial score (nSPS) is 18.7. The van der Waals surface area contributed by atoms with Crippen LogP contribution in [-0.2, 0) is 0 Å². The van der Waals surface area contributed by atoms with Crippen molar-refractivity contribution in [1.29, 1.82) is 0 Å². The van der Waals surface area contributed by atoms with E-state index in [-0.39, 0.29) is 12.2 Å². The second-order valence-electron chi connectivity index (χ2n) is 3.62. The molecule has 1 aromatic carbocycles. The van der Waals surface area contributed by atoms with Gasteiger partial charge in [0.1, 0.15) is 5.75 Å². The minimum Gasteiger partial charge on any atom is -0.508 e. The molecule has 3 nitrogen and oxygen atoms in total. The number of phenolic OH excluding ortho intramolecular Hbond substituents is 1. The van der Waals surface area contributed by atoms with Crippen molar-refractivity contribution in [1.82, 2.24) is 0 Å². The van der Waals surface area contributed by atoms with Gasteiger partial charge in [0.2, 0.25) is 0 Å². The fourth-order valence-electron chi connectivity index (χ4n) is 1.49. The molecule has 2 rings (SSSR count). The number of aliphatic hydroxyl groups is 2. The van der Waals surface area contributed by atoms with Crippen molar-refractivity contribution in [2.75, 3.05) is 0 Å². The van der Waals surface area contributed by atoms with Gasteiger partial charge < -0.3 is 15.3 Å². The van der Waals surface area contributed by atoms with Crippen molar-refractivity contribution in [3.8, 4) is 5.75 Å². The van der Waals surface area contributed by atoms with Gasteiger partial charge in [-0.05, 0) is 29.3 Å². The van der Waals surface area contributed by atoms with Gasteiger partial charge in [0.05, 0.1) is 0 Å². The lowest BCUT2D eigenvalue weighted by Crippen LogP contribution is -2.25. The second-order valence-corrected chi connectivity index (χ2v) is 3.62. The van der Waals surface area contributed by atoms with E-state index in [4.69, 9.17) is 5.11 Å². The molecule has 0 radical (unpaired) electrons. The number of allylic oxidation sites excluding steroid dienone is 2. The molecule has 1 aromatic rings. The summed E-state index contributed by atoms with van der Waals surface area (Å²) in [4.78, 5) is 0. The largest absolute Gasteiger partial charge is 0.508 e. The van der Waals surface area contributed by atoms with E-state index in [0.717, 1.165) is 11.1 Å². The van der Waals surface area contributed by atoms with Gasteiger partial charge in [-0.2, -0.15) is 0 Å². The first-order valence-electron chi connectivity index (χ1n) is 4.70. The lowest BCUT2D eigenvalue weighted by atomic mass is 9.97. The topological polar surface area (TPSA) is 60.7 Å². The molecule has 0 saturated carbocycles. The molecule has 0 bridgehead atoms. The molecule has 0 aromatic heterocycles. The van der Waals surface area contributed by atoms with Crippen molar-refractivity contribution < 1.29 is 15.3 Å². The Hall–Kier alpha value is -1.58. The highest BCUT2D eigenvalue weighted by molar-refractivity contribution is 5.75. The smallest absolute Gasteiger partial charge is 0.186 e. The van der Waals surface area contributed by atoms with Crippen LogP contribution in [0.1, 0.15) is 12.0 Å². The molecule has 3 heteroatoms. The summed E-state index contributed by atoms with van der Waals surface area (Å²) in [5, 5.41) is 27.7. The number of hydrogen-bond donors (Lipinski definition) is 3. The first kappa shape index (κ1) is 9.96. The van der Waals surface area contributed by atoms with Crippen molar-refractivity contribution >= 4 is 5.57 Å². The molecule has 3 N–H and O–H groups in total. The van der Waals surface area contributed by atoms with E-state index in [1.807, 2.05) is 0 Å². The SMILES string of the molecule is Oc1ccc(C2=CCC(O)(O)C=C2)cc1. The van der Waals surface area contributed by atoms with Gasteiger partial charge in [0.25, 0.3) is 0 Å². The van der Waals surface area contributed by atoms with Crippen molar-refractivity contribution in [2.24, 2.45) is 0 Å². The summed E-state index contributed by atoms with van der Waals surface area (Å²) in [6.45, 7) is 0. The van der Waals surface area contributed by atoms with Gasteiger partial charge >= 0.3 is 0 Å². The van der Waals surface area contributed by atoms with Crippen LogP contribution in [0, 0.1) is 0 Å². The van der Waals surface area contributed by atoms with Crippen LogP contribution < -0.4 is 0 Å². The van der Waals surface area contributed by atoms with Crippen molar-refractivity contribution in [3.63, 3.8) is 0 Å². The van der Waals surface area contributed by atoms with Crippen LogP contribution in [0.15, 0.2) is 42.5 Å². The molecule has 0 unspecified atom stereocenters. The van der Waals surface area contributed by atoms with Gasteiger partial charge in [-0.1, -0.05) is 24.3 Å². The zero-order chi connectivity index (χ0) is 10.9. The van der Waals surface area contributed by atoms with E-state index in [9.17, 15) is 10.2 Å². The van der Waals surface area contributed by atoms with Crippen LogP contribution in [0.3, 0.4) is 0 Å². The van der Waals surface area contributed by atoms with Crippen LogP contribution >= 0.6 is 0 Å². The number of aromatic hydroxyl groups is 1. The fraction of sp³-hybridized carbons (Fsp3) is 0.167. The quantitative estimate of drug-likeness (QED) is 0.606. The Labute approximate surface area is 87.6 Å². The first-order chi connectivity index (χ1) is 7.07. The average molecular weight is 204 g/mol. The van der Waals surface area contributed by atoms with Crippen molar-refractivity contribution in [3.05, 3.63) is 48.1 Å². The number of phenols is 1. The Balaban J connectivity index is 2.24. The third-order valence-electron chi connectivity index (χ3n) is 2.35. The van der Waals surface area contributed by atoms with Gasteiger partial charge in [-0.15, -0.1) is 0 Å². The Morgan fingerprint density at radius 3 is 2.27 bits per heavy atom. The summed E-state index contributed by atoms with van der Waals surface area (Å²) in [5.74, 6) is -1.50. The molecule has 0 heterocycles. The molecule has 0 amide bonds. The maximum absolute atomic E-state index is 9.27. The highest BCUT2D eigenvalue weighted by Gasteiger charge is 2.20. The van der Waals surface area contributed by atoms with Gasteiger partial charge in [-0.25, -0.2) is 0 Å². The van der Waals surface area contributed by atoms with Gasteiger partial charge in [0.15, 0.2) is 5.79 Å². The molecule has 0 spiro atoms. The molecule has 0 atom stereocenters. The first-order valence-corrected chi connectivity index (χ1v) is 4.70. The summed E-state index contributed by atoms with van der Waals surface area (Å²) in [6, 6.07) is 6.77. The number of benzene rings is 1. The van der Waals surface area contributed by atoms with E-state index < -0.39 is 5.79 Å². The Kier molecular flexibility index (Phi) is 2.34. The third-order valence-corrected chi connectivity index (χ3v) is 2.35. The Morgan fingerprint density at radius 1 is 1.07 bits per heavy atom. The van der Waals surface area contributed by atoms with Crippen LogP contribution in [0.5, 0.6) is 5.75 Å². The summed E-state index contributed by atoms with van der Waals surface area (Å²) >= 11 is 0. The minimum absolute atomic E-state index is 0.180. The predicted octanol–water partition coefficient (Wildman–Crippen LogP) is 1.42. The lowest BCUT2D eigenvalue weighted by Gasteiger charge is -2.20. The monoisotopic (exact) mass is 204 g/mol.